The molecule has 2 aromatic rings. The number of anilines is 1. The number of carbonyl (C=O) groups excluding carboxylic acids is 2. The number of nitrogens with zero attached hydrogens (tertiary/aromatic N) is 2. The maximum atomic E-state index is 12.2. The van der Waals surface area contributed by atoms with Gasteiger partial charge in [0.2, 0.25) is 5.91 Å². The molecule has 0 atom stereocenters. The van der Waals surface area contributed by atoms with Crippen molar-refractivity contribution in [3.05, 3.63) is 59.7 Å². The molecule has 31 heavy (non-hydrogen) atoms. The number of likely N-dealkylation sites (N-methyl/N-ethyl adjacent to an activating group) is 1. The largest absolute Gasteiger partial charge is 0.493 e. The summed E-state index contributed by atoms with van der Waals surface area (Å²) in [6.45, 7) is 5.74. The summed E-state index contributed by atoms with van der Waals surface area (Å²) in [6, 6.07) is 12.4. The molecule has 7 heteroatoms. The first kappa shape index (κ1) is 22.5. The van der Waals surface area contributed by atoms with Gasteiger partial charge >= 0.3 is 0 Å². The van der Waals surface area contributed by atoms with E-state index in [0.29, 0.717) is 35.6 Å². The first-order valence-electron chi connectivity index (χ1n) is 10.3. The summed E-state index contributed by atoms with van der Waals surface area (Å²) < 4.78 is 11.4. The van der Waals surface area contributed by atoms with Crippen LogP contribution >= 0.6 is 0 Å². The van der Waals surface area contributed by atoms with E-state index in [1.54, 1.807) is 37.5 Å². The number of carbonyl (C=O) groups is 2. The Hall–Kier alpha value is -3.16. The van der Waals surface area contributed by atoms with Gasteiger partial charge in [-0.05, 0) is 43.0 Å². The van der Waals surface area contributed by atoms with Gasteiger partial charge in [0.15, 0.2) is 17.8 Å². The van der Waals surface area contributed by atoms with Crippen molar-refractivity contribution in [2.24, 2.45) is 0 Å². The summed E-state index contributed by atoms with van der Waals surface area (Å²) in [5.74, 6) is 0.978. The fraction of sp³-hybridized carbons (Fsp3) is 0.333. The Labute approximate surface area is 183 Å². The molecule has 1 heterocycles. The van der Waals surface area contributed by atoms with Crippen molar-refractivity contribution in [3.8, 4) is 11.5 Å². The molecule has 3 rings (SSSR count). The van der Waals surface area contributed by atoms with Gasteiger partial charge in [-0.1, -0.05) is 18.2 Å². The Bertz CT molecular complexity index is 921. The third-order valence-electron chi connectivity index (χ3n) is 5.22. The lowest BCUT2D eigenvalue weighted by Gasteiger charge is -2.32. The monoisotopic (exact) mass is 423 g/mol. The highest BCUT2D eigenvalue weighted by Gasteiger charge is 2.14. The van der Waals surface area contributed by atoms with Crippen LogP contribution in [0.2, 0.25) is 0 Å². The summed E-state index contributed by atoms with van der Waals surface area (Å²) in [7, 11) is 3.74. The van der Waals surface area contributed by atoms with Gasteiger partial charge in [0, 0.05) is 44.4 Å². The van der Waals surface area contributed by atoms with E-state index < -0.39 is 0 Å². The van der Waals surface area contributed by atoms with Crippen molar-refractivity contribution in [2.75, 3.05) is 58.8 Å². The minimum Gasteiger partial charge on any atom is -0.493 e. The highest BCUT2D eigenvalue weighted by atomic mass is 16.5. The molecular formula is C24H29N3O4. The summed E-state index contributed by atoms with van der Waals surface area (Å²) >= 11 is 0. The Kier molecular flexibility index (Phi) is 8.20. The van der Waals surface area contributed by atoms with Crippen molar-refractivity contribution in [3.63, 3.8) is 0 Å². The van der Waals surface area contributed by atoms with Crippen molar-refractivity contribution >= 4 is 24.0 Å². The van der Waals surface area contributed by atoms with Crippen molar-refractivity contribution in [1.82, 2.24) is 9.80 Å². The first-order valence-corrected chi connectivity index (χ1v) is 10.3. The van der Waals surface area contributed by atoms with Crippen LogP contribution in [0.15, 0.2) is 48.5 Å². The number of hydrogen-bond acceptors (Lipinski definition) is 6. The van der Waals surface area contributed by atoms with Crippen LogP contribution in [0, 0.1) is 0 Å². The molecule has 0 aromatic heterocycles. The highest BCUT2D eigenvalue weighted by Crippen LogP contribution is 2.28. The molecule has 1 amide bonds. The lowest BCUT2D eigenvalue weighted by atomic mass is 10.1. The van der Waals surface area contributed by atoms with Crippen LogP contribution in [0.3, 0.4) is 0 Å². The van der Waals surface area contributed by atoms with E-state index in [1.807, 2.05) is 18.2 Å². The molecule has 1 aliphatic heterocycles. The summed E-state index contributed by atoms with van der Waals surface area (Å²) in [5.41, 5.74) is 1.72. The van der Waals surface area contributed by atoms with E-state index in [-0.39, 0.29) is 5.91 Å². The van der Waals surface area contributed by atoms with Crippen LogP contribution in [0.25, 0.3) is 6.08 Å². The minimum absolute atomic E-state index is 0.319. The van der Waals surface area contributed by atoms with E-state index in [1.165, 1.54) is 6.08 Å². The van der Waals surface area contributed by atoms with Crippen molar-refractivity contribution in [1.29, 1.82) is 0 Å². The second kappa shape index (κ2) is 11.3. The molecule has 1 aliphatic rings. The number of amides is 1. The molecule has 0 unspecified atom stereocenters. The lowest BCUT2D eigenvalue weighted by Crippen LogP contribution is -2.45. The number of nitrogens with one attached hydrogen (secondary N) is 1. The zero-order valence-electron chi connectivity index (χ0n) is 18.0. The Morgan fingerprint density at radius 1 is 1.10 bits per heavy atom. The number of ether oxygens (including phenoxy) is 2. The van der Waals surface area contributed by atoms with E-state index in [0.717, 1.165) is 38.3 Å². The maximum Gasteiger partial charge on any atom is 0.248 e. The Morgan fingerprint density at radius 3 is 2.61 bits per heavy atom. The lowest BCUT2D eigenvalue weighted by molar-refractivity contribution is -0.111. The summed E-state index contributed by atoms with van der Waals surface area (Å²) in [5, 5.41) is 2.71. The summed E-state index contributed by atoms with van der Waals surface area (Å²) in [6.07, 6.45) is 3.83. The van der Waals surface area contributed by atoms with Crippen molar-refractivity contribution < 1.29 is 19.1 Å². The molecular weight excluding hydrogens is 394 g/mol. The zero-order valence-corrected chi connectivity index (χ0v) is 18.0. The number of benzene rings is 2. The molecule has 0 spiro atoms. The highest BCUT2D eigenvalue weighted by molar-refractivity contribution is 6.04. The van der Waals surface area contributed by atoms with Crippen LogP contribution in [-0.4, -0.2) is 75.5 Å². The zero-order chi connectivity index (χ0) is 22.1. The Morgan fingerprint density at radius 2 is 1.87 bits per heavy atom. The SMILES string of the molecule is COc1cc(/C=C/C(=O)Nc2ccccc2C=O)ccc1OCCN1CCN(C)CC1. The van der Waals surface area contributed by atoms with Crippen LogP contribution < -0.4 is 14.8 Å². The van der Waals surface area contributed by atoms with Gasteiger partial charge < -0.3 is 19.7 Å². The fourth-order valence-corrected chi connectivity index (χ4v) is 3.32. The van der Waals surface area contributed by atoms with E-state index in [2.05, 4.69) is 22.2 Å². The van der Waals surface area contributed by atoms with Gasteiger partial charge in [-0.15, -0.1) is 0 Å². The molecule has 2 aromatic carbocycles. The van der Waals surface area contributed by atoms with E-state index in [4.69, 9.17) is 9.47 Å². The average molecular weight is 424 g/mol. The predicted molar refractivity (Wildman–Crippen MR) is 122 cm³/mol. The number of rotatable bonds is 9. The third-order valence-corrected chi connectivity index (χ3v) is 5.22. The standard InChI is InChI=1S/C24H29N3O4/c1-26-11-13-27(14-12-26)15-16-31-22-9-7-19(17-23(22)30-2)8-10-24(29)25-21-6-4-3-5-20(21)18-28/h3-10,17-18H,11-16H2,1-2H3,(H,25,29)/b10-8+. The molecule has 0 saturated carbocycles. The van der Waals surface area contributed by atoms with Gasteiger partial charge in [-0.25, -0.2) is 0 Å². The summed E-state index contributed by atoms with van der Waals surface area (Å²) in [4.78, 5) is 28.0. The van der Waals surface area contributed by atoms with Crippen LogP contribution in [0.4, 0.5) is 5.69 Å². The molecule has 1 fully saturated rings. The number of hydrogen-bond donors (Lipinski definition) is 1. The number of piperazine rings is 1. The van der Waals surface area contributed by atoms with Gasteiger partial charge in [-0.2, -0.15) is 0 Å². The molecule has 0 aliphatic carbocycles. The average Bonchev–Trinajstić information content (AvgIpc) is 2.80. The predicted octanol–water partition coefficient (Wildman–Crippen LogP) is 2.79. The van der Waals surface area contributed by atoms with Crippen molar-refractivity contribution in [2.45, 2.75) is 0 Å². The third kappa shape index (κ3) is 6.67. The van der Waals surface area contributed by atoms with Crippen LogP contribution in [-0.2, 0) is 4.79 Å². The second-order valence-corrected chi connectivity index (χ2v) is 7.43. The van der Waals surface area contributed by atoms with Crippen LogP contribution in [0.1, 0.15) is 15.9 Å². The van der Waals surface area contributed by atoms with Crippen LogP contribution in [0.5, 0.6) is 11.5 Å². The smallest absolute Gasteiger partial charge is 0.248 e. The van der Waals surface area contributed by atoms with E-state index >= 15 is 0 Å². The molecule has 1 N–H and O–H groups in total. The quantitative estimate of drug-likeness (QED) is 0.494. The topological polar surface area (TPSA) is 71.1 Å². The number of aldehydes is 1. The molecule has 0 radical (unpaired) electrons. The Balaban J connectivity index is 1.55. The molecule has 164 valence electrons. The molecule has 0 bridgehead atoms. The van der Waals surface area contributed by atoms with Gasteiger partial charge in [-0.3, -0.25) is 14.5 Å². The second-order valence-electron chi connectivity index (χ2n) is 7.43. The molecule has 1 saturated heterocycles. The molecule has 7 nitrogen and oxygen atoms in total. The van der Waals surface area contributed by atoms with Gasteiger partial charge in [0.05, 0.1) is 12.8 Å². The number of para-hydroxylation sites is 1. The maximum absolute atomic E-state index is 12.2. The minimum atomic E-state index is -0.319. The normalized spacial score (nSPS) is 15.0. The van der Waals surface area contributed by atoms with E-state index in [9.17, 15) is 9.59 Å². The first-order chi connectivity index (χ1) is 15.1. The number of methoxy groups -OCH3 is 1. The fourth-order valence-electron chi connectivity index (χ4n) is 3.32. The van der Waals surface area contributed by atoms with Gasteiger partial charge in [0.25, 0.3) is 0 Å². The van der Waals surface area contributed by atoms with Gasteiger partial charge in [0.1, 0.15) is 6.61 Å².